The van der Waals surface area contributed by atoms with Gasteiger partial charge in [0.15, 0.2) is 11.5 Å². The standard InChI is InChI=1S/C22H26N2O2.2CH4O3S/c1-23-9-7-17-11-21-22(26-15-25-21)12-19(17)20(23)14-24-10-8-18(13-24)16-5-3-2-4-6-16;2*1-5(2,3)4/h2-6,11-12,18,20H,7-10,13-15H2,1H3;2*1H3,(H,2,3,4). The minimum atomic E-state index is -3.67. The Labute approximate surface area is 213 Å². The summed E-state index contributed by atoms with van der Waals surface area (Å²) in [7, 11) is -5.08. The van der Waals surface area contributed by atoms with E-state index in [1.807, 2.05) is 0 Å². The van der Waals surface area contributed by atoms with Crippen LogP contribution in [0, 0.1) is 0 Å². The predicted octanol–water partition coefficient (Wildman–Crippen LogP) is 2.44. The number of likely N-dealkylation sites (tertiary alicyclic amines) is 1. The molecule has 36 heavy (non-hydrogen) atoms. The molecule has 0 amide bonds. The molecule has 2 unspecified atom stereocenters. The summed E-state index contributed by atoms with van der Waals surface area (Å²) in [6.07, 6.45) is 3.78. The minimum absolute atomic E-state index is 0.351. The van der Waals surface area contributed by atoms with Gasteiger partial charge in [0.05, 0.1) is 12.5 Å². The highest BCUT2D eigenvalue weighted by atomic mass is 32.2. The van der Waals surface area contributed by atoms with Crippen molar-refractivity contribution in [3.63, 3.8) is 0 Å². The molecule has 2 aromatic carbocycles. The number of rotatable bonds is 3. The van der Waals surface area contributed by atoms with Crippen molar-refractivity contribution in [1.82, 2.24) is 9.80 Å². The van der Waals surface area contributed by atoms with Gasteiger partial charge in [0.1, 0.15) is 0 Å². The van der Waals surface area contributed by atoms with E-state index in [4.69, 9.17) is 18.6 Å². The zero-order chi connectivity index (χ0) is 26.5. The van der Waals surface area contributed by atoms with Crippen molar-refractivity contribution < 1.29 is 35.4 Å². The van der Waals surface area contributed by atoms with Crippen LogP contribution in [-0.2, 0) is 26.7 Å². The van der Waals surface area contributed by atoms with Gasteiger partial charge < -0.3 is 14.4 Å². The largest absolute Gasteiger partial charge is 0.454 e. The Morgan fingerprint density at radius 3 is 2.14 bits per heavy atom. The fraction of sp³-hybridized carbons (Fsp3) is 0.500. The number of fused-ring (bicyclic) bond motifs is 2. The van der Waals surface area contributed by atoms with Crippen LogP contribution in [0.2, 0.25) is 0 Å². The van der Waals surface area contributed by atoms with Gasteiger partial charge in [-0.2, -0.15) is 16.8 Å². The van der Waals surface area contributed by atoms with Crippen molar-refractivity contribution in [2.45, 2.75) is 24.8 Å². The SMILES string of the molecule is CN1CCc2cc3c(cc2C1CN1CCC(c2ccccc2)C1)OCO3.CS(=O)(=O)O.CS(=O)(=O)O. The van der Waals surface area contributed by atoms with Gasteiger partial charge in [-0.1, -0.05) is 30.3 Å². The first-order valence-electron chi connectivity index (χ1n) is 11.5. The fourth-order valence-electron chi connectivity index (χ4n) is 4.69. The Morgan fingerprint density at radius 2 is 1.53 bits per heavy atom. The lowest BCUT2D eigenvalue weighted by molar-refractivity contribution is 0.169. The molecule has 0 aliphatic carbocycles. The van der Waals surface area contributed by atoms with Crippen molar-refractivity contribution in [3.8, 4) is 11.5 Å². The molecule has 10 nitrogen and oxygen atoms in total. The Bertz CT molecular complexity index is 1190. The molecular weight excluding hydrogens is 508 g/mol. The van der Waals surface area contributed by atoms with Crippen molar-refractivity contribution in [1.29, 1.82) is 0 Å². The molecule has 12 heteroatoms. The third-order valence-corrected chi connectivity index (χ3v) is 6.23. The topological polar surface area (TPSA) is 134 Å². The van der Waals surface area contributed by atoms with E-state index in [1.165, 1.54) is 29.7 Å². The zero-order valence-electron chi connectivity index (χ0n) is 20.7. The van der Waals surface area contributed by atoms with Crippen LogP contribution in [0.25, 0.3) is 0 Å². The van der Waals surface area contributed by atoms with E-state index >= 15 is 0 Å². The quantitative estimate of drug-likeness (QED) is 0.557. The average Bonchev–Trinajstić information content (AvgIpc) is 3.42. The Morgan fingerprint density at radius 1 is 0.944 bits per heavy atom. The molecule has 3 aliphatic rings. The summed E-state index contributed by atoms with van der Waals surface area (Å²) in [5, 5.41) is 0. The van der Waals surface area contributed by atoms with Gasteiger partial charge in [-0.15, -0.1) is 0 Å². The van der Waals surface area contributed by atoms with Gasteiger partial charge in [0, 0.05) is 25.7 Å². The molecule has 0 spiro atoms. The molecule has 1 fully saturated rings. The molecule has 0 bridgehead atoms. The van der Waals surface area contributed by atoms with Gasteiger partial charge in [-0.3, -0.25) is 14.0 Å². The Kier molecular flexibility index (Phi) is 9.36. The van der Waals surface area contributed by atoms with Crippen molar-refractivity contribution in [2.75, 3.05) is 52.5 Å². The number of likely N-dealkylation sites (N-methyl/N-ethyl adjacent to an activating group) is 1. The third-order valence-electron chi connectivity index (χ3n) is 6.23. The van der Waals surface area contributed by atoms with Crippen molar-refractivity contribution >= 4 is 20.2 Å². The van der Waals surface area contributed by atoms with E-state index in [-0.39, 0.29) is 0 Å². The maximum absolute atomic E-state index is 9.19. The van der Waals surface area contributed by atoms with Crippen molar-refractivity contribution in [3.05, 3.63) is 59.2 Å². The molecule has 2 N–H and O–H groups in total. The van der Waals surface area contributed by atoms with Gasteiger partial charge in [-0.25, -0.2) is 0 Å². The molecule has 3 heterocycles. The number of nitrogens with zero attached hydrogens (tertiary/aromatic N) is 2. The number of hydrogen-bond donors (Lipinski definition) is 2. The molecule has 5 rings (SSSR count). The molecule has 2 atom stereocenters. The summed E-state index contributed by atoms with van der Waals surface area (Å²) in [6.45, 7) is 4.89. The van der Waals surface area contributed by atoms with E-state index in [0.29, 0.717) is 31.3 Å². The normalized spacial score (nSPS) is 21.6. The van der Waals surface area contributed by atoms with Crippen LogP contribution in [0.5, 0.6) is 11.5 Å². The Hall–Kier alpha value is -2.22. The molecular formula is C24H34N2O8S2. The lowest BCUT2D eigenvalue weighted by Crippen LogP contribution is -2.39. The van der Waals surface area contributed by atoms with Crippen LogP contribution >= 0.6 is 0 Å². The number of benzene rings is 2. The minimum Gasteiger partial charge on any atom is -0.454 e. The first-order valence-corrected chi connectivity index (χ1v) is 15.2. The highest BCUT2D eigenvalue weighted by molar-refractivity contribution is 7.85. The fourth-order valence-corrected chi connectivity index (χ4v) is 4.69. The summed E-state index contributed by atoms with van der Waals surface area (Å²) < 4.78 is 63.0. The first kappa shape index (κ1) is 28.4. The monoisotopic (exact) mass is 542 g/mol. The molecule has 3 aliphatic heterocycles. The second kappa shape index (κ2) is 11.9. The van der Waals surface area contributed by atoms with Crippen molar-refractivity contribution in [2.24, 2.45) is 0 Å². The molecule has 0 saturated carbocycles. The van der Waals surface area contributed by atoms with E-state index in [9.17, 15) is 16.8 Å². The van der Waals surface area contributed by atoms with Crippen LogP contribution in [-0.4, -0.2) is 88.3 Å². The number of ether oxygens (including phenoxy) is 2. The second-order valence-electron chi connectivity index (χ2n) is 9.27. The van der Waals surface area contributed by atoms with Crippen LogP contribution < -0.4 is 9.47 Å². The first-order chi connectivity index (χ1) is 16.8. The van der Waals surface area contributed by atoms with Gasteiger partial charge >= 0.3 is 0 Å². The lowest BCUT2D eigenvalue weighted by Gasteiger charge is -2.37. The molecule has 0 aromatic heterocycles. The maximum Gasteiger partial charge on any atom is 0.261 e. The van der Waals surface area contributed by atoms with E-state index in [2.05, 4.69) is 59.3 Å². The van der Waals surface area contributed by atoms with E-state index in [1.54, 1.807) is 0 Å². The molecule has 2 aromatic rings. The Balaban J connectivity index is 0.000000310. The third kappa shape index (κ3) is 9.02. The average molecular weight is 543 g/mol. The second-order valence-corrected chi connectivity index (χ2v) is 12.2. The zero-order valence-corrected chi connectivity index (χ0v) is 22.3. The van der Waals surface area contributed by atoms with Gasteiger partial charge in [0.2, 0.25) is 6.79 Å². The highest BCUT2D eigenvalue weighted by Crippen LogP contribution is 2.41. The summed E-state index contributed by atoms with van der Waals surface area (Å²) in [6, 6.07) is 15.8. The van der Waals surface area contributed by atoms with Crippen LogP contribution in [0.1, 0.15) is 35.1 Å². The van der Waals surface area contributed by atoms with E-state index in [0.717, 1.165) is 37.6 Å². The van der Waals surface area contributed by atoms with Crippen LogP contribution in [0.3, 0.4) is 0 Å². The summed E-state index contributed by atoms with van der Waals surface area (Å²) in [5.74, 6) is 2.49. The number of hydrogen-bond acceptors (Lipinski definition) is 8. The smallest absolute Gasteiger partial charge is 0.261 e. The lowest BCUT2D eigenvalue weighted by atomic mass is 9.92. The summed E-state index contributed by atoms with van der Waals surface area (Å²) in [5.41, 5.74) is 4.33. The van der Waals surface area contributed by atoms with E-state index < -0.39 is 20.2 Å². The molecule has 200 valence electrons. The van der Waals surface area contributed by atoms with Crippen LogP contribution in [0.4, 0.5) is 0 Å². The molecule has 1 saturated heterocycles. The maximum atomic E-state index is 9.19. The van der Waals surface area contributed by atoms with Gasteiger partial charge in [-0.05, 0) is 61.2 Å². The van der Waals surface area contributed by atoms with Gasteiger partial charge in [0.25, 0.3) is 20.2 Å². The summed E-state index contributed by atoms with van der Waals surface area (Å²) >= 11 is 0. The summed E-state index contributed by atoms with van der Waals surface area (Å²) in [4.78, 5) is 5.14. The van der Waals surface area contributed by atoms with Crippen LogP contribution in [0.15, 0.2) is 42.5 Å². The predicted molar refractivity (Wildman–Crippen MR) is 137 cm³/mol. The molecule has 0 radical (unpaired) electrons. The highest BCUT2D eigenvalue weighted by Gasteiger charge is 2.32.